The van der Waals surface area contributed by atoms with Gasteiger partial charge in [-0.1, -0.05) is 12.5 Å². The predicted molar refractivity (Wildman–Crippen MR) is 70.4 cm³/mol. The van der Waals surface area contributed by atoms with Crippen molar-refractivity contribution in [1.82, 2.24) is 15.1 Å². The van der Waals surface area contributed by atoms with Gasteiger partial charge < -0.3 is 5.32 Å². The van der Waals surface area contributed by atoms with Crippen LogP contribution in [0, 0.1) is 0 Å². The van der Waals surface area contributed by atoms with Crippen LogP contribution in [0.25, 0.3) is 6.08 Å². The Morgan fingerprint density at radius 1 is 1.44 bits per heavy atom. The number of aryl methyl sites for hydroxylation is 2. The molecule has 1 saturated heterocycles. The molecule has 4 heteroatoms. The standard InChI is InChI=1S/C12H18BrN3/c1-3-10-12(13)11(16(2)15-10)8-9-4-6-14-7-5-9/h8,14H,3-7H2,1-2H3. The molecular formula is C12H18BrN3. The first-order chi connectivity index (χ1) is 7.72. The molecule has 0 saturated carbocycles. The highest BCUT2D eigenvalue weighted by molar-refractivity contribution is 9.10. The fraction of sp³-hybridized carbons (Fsp3) is 0.583. The van der Waals surface area contributed by atoms with Crippen LogP contribution < -0.4 is 5.32 Å². The van der Waals surface area contributed by atoms with Crippen molar-refractivity contribution >= 4 is 22.0 Å². The number of hydrogen-bond acceptors (Lipinski definition) is 2. The van der Waals surface area contributed by atoms with E-state index in [9.17, 15) is 0 Å². The highest BCUT2D eigenvalue weighted by Gasteiger charge is 2.12. The van der Waals surface area contributed by atoms with Gasteiger partial charge in [0, 0.05) is 7.05 Å². The number of piperidine rings is 1. The van der Waals surface area contributed by atoms with Gasteiger partial charge in [0.15, 0.2) is 0 Å². The lowest BCUT2D eigenvalue weighted by Crippen LogP contribution is -2.23. The molecule has 0 aromatic carbocycles. The van der Waals surface area contributed by atoms with Gasteiger partial charge in [0.05, 0.1) is 15.9 Å². The van der Waals surface area contributed by atoms with E-state index in [1.165, 1.54) is 11.3 Å². The second-order valence-electron chi connectivity index (χ2n) is 4.18. The summed E-state index contributed by atoms with van der Waals surface area (Å²) < 4.78 is 3.13. The Hall–Kier alpha value is -0.610. The molecular weight excluding hydrogens is 266 g/mol. The Morgan fingerprint density at radius 2 is 2.12 bits per heavy atom. The van der Waals surface area contributed by atoms with Gasteiger partial charge in [-0.2, -0.15) is 5.10 Å². The molecule has 1 aromatic heterocycles. The van der Waals surface area contributed by atoms with E-state index in [1.807, 2.05) is 11.7 Å². The van der Waals surface area contributed by atoms with Crippen LogP contribution in [-0.2, 0) is 13.5 Å². The first-order valence-electron chi connectivity index (χ1n) is 5.84. The van der Waals surface area contributed by atoms with Gasteiger partial charge in [-0.15, -0.1) is 0 Å². The molecule has 0 aliphatic carbocycles. The molecule has 2 heterocycles. The monoisotopic (exact) mass is 283 g/mol. The maximum absolute atomic E-state index is 4.50. The second-order valence-corrected chi connectivity index (χ2v) is 4.97. The molecule has 0 radical (unpaired) electrons. The van der Waals surface area contributed by atoms with Crippen molar-refractivity contribution in [2.24, 2.45) is 7.05 Å². The maximum Gasteiger partial charge on any atom is 0.0770 e. The molecule has 0 atom stereocenters. The SMILES string of the molecule is CCc1nn(C)c(C=C2CCNCC2)c1Br. The van der Waals surface area contributed by atoms with Crippen LogP contribution in [0.15, 0.2) is 10.0 Å². The summed E-state index contributed by atoms with van der Waals surface area (Å²) in [5, 5.41) is 7.87. The van der Waals surface area contributed by atoms with Crippen LogP contribution in [0.4, 0.5) is 0 Å². The lowest BCUT2D eigenvalue weighted by atomic mass is 10.0. The van der Waals surface area contributed by atoms with Crippen molar-refractivity contribution in [2.45, 2.75) is 26.2 Å². The number of aromatic nitrogens is 2. The fourth-order valence-electron chi connectivity index (χ4n) is 2.04. The average Bonchev–Trinajstić information content (AvgIpc) is 2.58. The maximum atomic E-state index is 4.50. The van der Waals surface area contributed by atoms with E-state index in [0.29, 0.717) is 0 Å². The molecule has 1 aliphatic heterocycles. The van der Waals surface area contributed by atoms with Gasteiger partial charge in [0.25, 0.3) is 0 Å². The van der Waals surface area contributed by atoms with Crippen LogP contribution in [0.5, 0.6) is 0 Å². The molecule has 1 aromatic rings. The van der Waals surface area contributed by atoms with Crippen LogP contribution in [0.2, 0.25) is 0 Å². The number of hydrogen-bond donors (Lipinski definition) is 1. The van der Waals surface area contributed by atoms with Crippen molar-refractivity contribution in [2.75, 3.05) is 13.1 Å². The third kappa shape index (κ3) is 2.38. The fourth-order valence-corrected chi connectivity index (χ4v) is 2.77. The molecule has 88 valence electrons. The van der Waals surface area contributed by atoms with E-state index in [-0.39, 0.29) is 0 Å². The number of rotatable bonds is 2. The molecule has 1 N–H and O–H groups in total. The minimum atomic E-state index is 0.971. The minimum absolute atomic E-state index is 0.971. The zero-order valence-corrected chi connectivity index (χ0v) is 11.5. The van der Waals surface area contributed by atoms with E-state index >= 15 is 0 Å². The molecule has 0 bridgehead atoms. The van der Waals surface area contributed by atoms with Crippen molar-refractivity contribution in [3.63, 3.8) is 0 Å². The summed E-state index contributed by atoms with van der Waals surface area (Å²) in [4.78, 5) is 0. The molecule has 1 aliphatic rings. The Balaban J connectivity index is 2.29. The third-order valence-electron chi connectivity index (χ3n) is 3.02. The number of halogens is 1. The molecule has 0 unspecified atom stereocenters. The summed E-state index contributed by atoms with van der Waals surface area (Å²) in [6.07, 6.45) is 5.56. The van der Waals surface area contributed by atoms with Crippen LogP contribution in [0.1, 0.15) is 31.2 Å². The van der Waals surface area contributed by atoms with Crippen molar-refractivity contribution in [3.8, 4) is 0 Å². The third-order valence-corrected chi connectivity index (χ3v) is 3.88. The van der Waals surface area contributed by atoms with Crippen molar-refractivity contribution in [3.05, 3.63) is 21.4 Å². The highest BCUT2D eigenvalue weighted by atomic mass is 79.9. The largest absolute Gasteiger partial charge is 0.316 e. The normalized spacial score (nSPS) is 16.6. The van der Waals surface area contributed by atoms with Crippen LogP contribution >= 0.6 is 15.9 Å². The van der Waals surface area contributed by atoms with E-state index in [2.05, 4.69) is 39.3 Å². The molecule has 16 heavy (non-hydrogen) atoms. The van der Waals surface area contributed by atoms with E-state index < -0.39 is 0 Å². The van der Waals surface area contributed by atoms with Gasteiger partial charge in [-0.25, -0.2) is 0 Å². The molecule has 1 fully saturated rings. The summed E-state index contributed by atoms with van der Waals surface area (Å²) in [6.45, 7) is 4.33. The summed E-state index contributed by atoms with van der Waals surface area (Å²) in [5.41, 5.74) is 3.86. The zero-order chi connectivity index (χ0) is 11.5. The Bertz CT molecular complexity index is 399. The van der Waals surface area contributed by atoms with Gasteiger partial charge in [-0.05, 0) is 54.4 Å². The van der Waals surface area contributed by atoms with Gasteiger partial charge >= 0.3 is 0 Å². The molecule has 0 amide bonds. The number of nitrogens with zero attached hydrogens (tertiary/aromatic N) is 2. The average molecular weight is 284 g/mol. The summed E-state index contributed by atoms with van der Waals surface area (Å²) in [6, 6.07) is 0. The van der Waals surface area contributed by atoms with E-state index in [0.717, 1.165) is 42.5 Å². The summed E-state index contributed by atoms with van der Waals surface area (Å²) in [7, 11) is 2.01. The van der Waals surface area contributed by atoms with Gasteiger partial charge in [0.1, 0.15) is 0 Å². The smallest absolute Gasteiger partial charge is 0.0770 e. The van der Waals surface area contributed by atoms with Crippen LogP contribution in [0.3, 0.4) is 0 Å². The summed E-state index contributed by atoms with van der Waals surface area (Å²) >= 11 is 3.65. The van der Waals surface area contributed by atoms with E-state index in [4.69, 9.17) is 0 Å². The Labute approximate surface area is 105 Å². The summed E-state index contributed by atoms with van der Waals surface area (Å²) in [5.74, 6) is 0. The van der Waals surface area contributed by atoms with Crippen molar-refractivity contribution in [1.29, 1.82) is 0 Å². The Morgan fingerprint density at radius 3 is 2.69 bits per heavy atom. The van der Waals surface area contributed by atoms with Gasteiger partial charge in [0.2, 0.25) is 0 Å². The predicted octanol–water partition coefficient (Wildman–Crippen LogP) is 2.51. The highest BCUT2D eigenvalue weighted by Crippen LogP contribution is 2.25. The lowest BCUT2D eigenvalue weighted by molar-refractivity contribution is 0.612. The quantitative estimate of drug-likeness (QED) is 0.904. The molecule has 2 rings (SSSR count). The first-order valence-corrected chi connectivity index (χ1v) is 6.63. The topological polar surface area (TPSA) is 29.9 Å². The minimum Gasteiger partial charge on any atom is -0.316 e. The first kappa shape index (κ1) is 11.9. The van der Waals surface area contributed by atoms with E-state index in [1.54, 1.807) is 0 Å². The Kier molecular flexibility index (Phi) is 3.82. The number of nitrogens with one attached hydrogen (secondary N) is 1. The second kappa shape index (κ2) is 5.15. The van der Waals surface area contributed by atoms with Gasteiger partial charge in [-0.3, -0.25) is 4.68 Å². The van der Waals surface area contributed by atoms with Crippen molar-refractivity contribution < 1.29 is 0 Å². The van der Waals surface area contributed by atoms with Crippen LogP contribution in [-0.4, -0.2) is 22.9 Å². The molecule has 3 nitrogen and oxygen atoms in total. The lowest BCUT2D eigenvalue weighted by Gasteiger charge is -2.15. The zero-order valence-electron chi connectivity index (χ0n) is 9.89. The molecule has 0 spiro atoms.